The number of fused-ring (bicyclic) bond motifs is 1. The molecule has 2 N–H and O–H groups in total. The summed E-state index contributed by atoms with van der Waals surface area (Å²) in [6, 6.07) is 6.82. The zero-order valence-electron chi connectivity index (χ0n) is 24.4. The van der Waals surface area contributed by atoms with Crippen LogP contribution in [-0.2, 0) is 16.0 Å². The average molecular weight is 566 g/mol. The second-order valence-corrected chi connectivity index (χ2v) is 11.7. The Morgan fingerprint density at radius 2 is 1.95 bits per heavy atom. The van der Waals surface area contributed by atoms with E-state index >= 15 is 0 Å². The molecule has 10 nitrogen and oxygen atoms in total. The van der Waals surface area contributed by atoms with Gasteiger partial charge < -0.3 is 20.4 Å². The highest BCUT2D eigenvalue weighted by atomic mass is 19.1. The minimum absolute atomic E-state index is 0.171. The first-order chi connectivity index (χ1) is 19.5. The van der Waals surface area contributed by atoms with E-state index in [1.54, 1.807) is 71.0 Å². The van der Waals surface area contributed by atoms with Crippen LogP contribution in [0.5, 0.6) is 0 Å². The maximum atomic E-state index is 14.4. The molecular weight excluding hydrogens is 525 g/mol. The van der Waals surface area contributed by atoms with E-state index in [0.29, 0.717) is 30.7 Å². The van der Waals surface area contributed by atoms with Crippen LogP contribution < -0.4 is 10.6 Å². The van der Waals surface area contributed by atoms with E-state index in [0.717, 1.165) is 6.42 Å². The summed E-state index contributed by atoms with van der Waals surface area (Å²) in [7, 11) is 1.70. The van der Waals surface area contributed by atoms with Crippen LogP contribution in [0.3, 0.4) is 0 Å². The molecular formula is C30H40FN7O3. The lowest BCUT2D eigenvalue weighted by Crippen LogP contribution is -2.59. The number of carbonyl (C=O) groups is 3. The van der Waals surface area contributed by atoms with Gasteiger partial charge in [0.2, 0.25) is 17.6 Å². The first-order valence-corrected chi connectivity index (χ1v) is 14.1. The van der Waals surface area contributed by atoms with Crippen LogP contribution in [0.1, 0.15) is 56.6 Å². The molecule has 0 radical (unpaired) electrons. The fourth-order valence-electron chi connectivity index (χ4n) is 5.11. The minimum atomic E-state index is -0.738. The maximum Gasteiger partial charge on any atom is 0.274 e. The number of hydrogen-bond donors (Lipinski definition) is 2. The molecule has 0 bridgehead atoms. The van der Waals surface area contributed by atoms with Gasteiger partial charge in [0, 0.05) is 44.3 Å². The molecule has 3 aromatic rings. The monoisotopic (exact) mass is 565 g/mol. The standard InChI is InChI=1S/C30H40FN7O3/c1-20(32-5)26(39)35-25(30(2,3)4)28(41)38-16-8-11-22(38)18-36(17-13-21-10-6-7-12-23(21)31)27(40)24-19-37-15-9-14-33-29(37)34-24/h6-7,9-10,12,14-15,19-20,22,25,32H,8,11,13,16-18H2,1-5H3,(H,35,39)/t20-,22-,25+/m0/s1. The van der Waals surface area contributed by atoms with Gasteiger partial charge in [-0.05, 0) is 56.3 Å². The molecule has 1 aromatic carbocycles. The first-order valence-electron chi connectivity index (χ1n) is 14.1. The largest absolute Gasteiger partial charge is 0.342 e. The van der Waals surface area contributed by atoms with Crippen LogP contribution >= 0.6 is 0 Å². The number of benzene rings is 1. The van der Waals surface area contributed by atoms with Crippen LogP contribution in [0.2, 0.25) is 0 Å². The van der Waals surface area contributed by atoms with Gasteiger partial charge >= 0.3 is 0 Å². The smallest absolute Gasteiger partial charge is 0.274 e. The number of nitrogens with zero attached hydrogens (tertiary/aromatic N) is 5. The second-order valence-electron chi connectivity index (χ2n) is 11.7. The van der Waals surface area contributed by atoms with Crippen molar-refractivity contribution in [1.29, 1.82) is 0 Å². The van der Waals surface area contributed by atoms with Gasteiger partial charge in [0.15, 0.2) is 0 Å². The van der Waals surface area contributed by atoms with Gasteiger partial charge in [0.1, 0.15) is 17.6 Å². The van der Waals surface area contributed by atoms with E-state index < -0.39 is 17.5 Å². The molecule has 1 aliphatic rings. The minimum Gasteiger partial charge on any atom is -0.342 e. The third-order valence-electron chi connectivity index (χ3n) is 7.67. The van der Waals surface area contributed by atoms with Crippen LogP contribution in [0, 0.1) is 11.2 Å². The van der Waals surface area contributed by atoms with Crippen molar-refractivity contribution in [2.24, 2.45) is 5.41 Å². The summed E-state index contributed by atoms with van der Waals surface area (Å²) in [5.74, 6) is -0.653. The van der Waals surface area contributed by atoms with Crippen molar-refractivity contribution in [2.45, 2.75) is 65.1 Å². The number of carbonyl (C=O) groups excluding carboxylic acids is 3. The average Bonchev–Trinajstić information content (AvgIpc) is 3.60. The summed E-state index contributed by atoms with van der Waals surface area (Å²) in [6.45, 7) is 8.55. The third kappa shape index (κ3) is 7.08. The molecule has 3 atom stereocenters. The van der Waals surface area contributed by atoms with Gasteiger partial charge in [0.05, 0.1) is 6.04 Å². The number of amides is 3. The Morgan fingerprint density at radius 1 is 1.20 bits per heavy atom. The summed E-state index contributed by atoms with van der Waals surface area (Å²) < 4.78 is 16.1. The Hall–Kier alpha value is -3.86. The number of halogens is 1. The van der Waals surface area contributed by atoms with Crippen LogP contribution in [0.4, 0.5) is 4.39 Å². The van der Waals surface area contributed by atoms with Gasteiger partial charge in [-0.3, -0.25) is 18.8 Å². The van der Waals surface area contributed by atoms with Gasteiger partial charge in [0.25, 0.3) is 5.91 Å². The number of rotatable bonds is 10. The predicted molar refractivity (Wildman–Crippen MR) is 154 cm³/mol. The lowest BCUT2D eigenvalue weighted by Gasteiger charge is -2.37. The summed E-state index contributed by atoms with van der Waals surface area (Å²) in [4.78, 5) is 52.5. The number of hydrogen-bond acceptors (Lipinski definition) is 6. The highest BCUT2D eigenvalue weighted by Gasteiger charge is 2.41. The van der Waals surface area contributed by atoms with E-state index in [-0.39, 0.29) is 48.4 Å². The fraction of sp³-hybridized carbons (Fsp3) is 0.500. The molecule has 11 heteroatoms. The molecule has 220 valence electrons. The Kier molecular flexibility index (Phi) is 9.37. The lowest BCUT2D eigenvalue weighted by atomic mass is 9.85. The maximum absolute atomic E-state index is 14.4. The lowest BCUT2D eigenvalue weighted by molar-refractivity contribution is -0.140. The molecule has 3 heterocycles. The molecule has 4 rings (SSSR count). The molecule has 1 aliphatic heterocycles. The zero-order valence-corrected chi connectivity index (χ0v) is 24.4. The van der Waals surface area contributed by atoms with Crippen LogP contribution in [0.15, 0.2) is 48.9 Å². The molecule has 41 heavy (non-hydrogen) atoms. The van der Waals surface area contributed by atoms with E-state index in [4.69, 9.17) is 0 Å². The number of aromatic nitrogens is 3. The van der Waals surface area contributed by atoms with E-state index in [2.05, 4.69) is 20.6 Å². The van der Waals surface area contributed by atoms with Gasteiger partial charge in [-0.2, -0.15) is 0 Å². The van der Waals surface area contributed by atoms with Crippen molar-refractivity contribution >= 4 is 23.5 Å². The molecule has 1 fully saturated rings. The van der Waals surface area contributed by atoms with Crippen molar-refractivity contribution < 1.29 is 18.8 Å². The zero-order chi connectivity index (χ0) is 29.7. The highest BCUT2D eigenvalue weighted by molar-refractivity contribution is 5.93. The number of likely N-dealkylation sites (N-methyl/N-ethyl adjacent to an activating group) is 1. The SMILES string of the molecule is CN[C@@H](C)C(=O)N[C@H](C(=O)N1CCC[C@H]1CN(CCc1ccccc1F)C(=O)c1cn2cccnc2n1)C(C)(C)C. The molecule has 1 saturated heterocycles. The first kappa shape index (κ1) is 30.1. The Morgan fingerprint density at radius 3 is 2.63 bits per heavy atom. The Labute approximate surface area is 240 Å². The van der Waals surface area contributed by atoms with Crippen molar-refractivity contribution in [3.8, 4) is 0 Å². The molecule has 0 aliphatic carbocycles. The summed E-state index contributed by atoms with van der Waals surface area (Å²) in [5, 5.41) is 5.85. The van der Waals surface area contributed by atoms with Gasteiger partial charge in [-0.1, -0.05) is 39.0 Å². The van der Waals surface area contributed by atoms with Crippen LogP contribution in [0.25, 0.3) is 5.78 Å². The second kappa shape index (κ2) is 12.8. The molecule has 2 aromatic heterocycles. The Bertz CT molecular complexity index is 1350. The van der Waals surface area contributed by atoms with Gasteiger partial charge in [-0.15, -0.1) is 0 Å². The van der Waals surface area contributed by atoms with Crippen molar-refractivity contribution in [3.63, 3.8) is 0 Å². The summed E-state index contributed by atoms with van der Waals surface area (Å²) in [5.41, 5.74) is 0.210. The summed E-state index contributed by atoms with van der Waals surface area (Å²) in [6.07, 6.45) is 6.81. The van der Waals surface area contributed by atoms with E-state index in [9.17, 15) is 18.8 Å². The number of likely N-dealkylation sites (tertiary alicyclic amines) is 1. The predicted octanol–water partition coefficient (Wildman–Crippen LogP) is 2.68. The fourth-order valence-corrected chi connectivity index (χ4v) is 5.11. The molecule has 0 spiro atoms. The molecule has 0 unspecified atom stereocenters. The highest BCUT2D eigenvalue weighted by Crippen LogP contribution is 2.27. The number of nitrogens with one attached hydrogen (secondary N) is 2. The quantitative estimate of drug-likeness (QED) is 0.391. The van der Waals surface area contributed by atoms with E-state index in [1.807, 2.05) is 20.8 Å². The van der Waals surface area contributed by atoms with E-state index in [1.165, 1.54) is 6.07 Å². The third-order valence-corrected chi connectivity index (χ3v) is 7.67. The van der Waals surface area contributed by atoms with Crippen LogP contribution in [-0.4, -0.2) is 86.7 Å². The Balaban J connectivity index is 1.58. The molecule has 0 saturated carbocycles. The summed E-state index contributed by atoms with van der Waals surface area (Å²) >= 11 is 0. The van der Waals surface area contributed by atoms with Crippen molar-refractivity contribution in [3.05, 3.63) is 66.0 Å². The van der Waals surface area contributed by atoms with Gasteiger partial charge in [-0.25, -0.2) is 14.4 Å². The number of imidazole rings is 1. The normalized spacial score (nSPS) is 16.9. The van der Waals surface area contributed by atoms with Crippen molar-refractivity contribution in [2.75, 3.05) is 26.7 Å². The van der Waals surface area contributed by atoms with Crippen molar-refractivity contribution in [1.82, 2.24) is 34.8 Å². The topological polar surface area (TPSA) is 112 Å². The molecule has 3 amide bonds.